The first kappa shape index (κ1) is 21.9. The summed E-state index contributed by atoms with van der Waals surface area (Å²) in [5, 5.41) is 7.43. The van der Waals surface area contributed by atoms with Crippen molar-refractivity contribution in [2.45, 2.75) is 20.5 Å². The molecule has 154 valence electrons. The summed E-state index contributed by atoms with van der Waals surface area (Å²) in [7, 11) is 2.49. The van der Waals surface area contributed by atoms with Crippen molar-refractivity contribution in [3.8, 4) is 0 Å². The summed E-state index contributed by atoms with van der Waals surface area (Å²) >= 11 is 0. The molecule has 6 nitrogen and oxygen atoms in total. The first-order chi connectivity index (χ1) is 13.8. The summed E-state index contributed by atoms with van der Waals surface area (Å²) in [5.41, 5.74) is 1.01. The number of carbonyl (C=O) groups is 1. The highest BCUT2D eigenvalue weighted by Crippen LogP contribution is 2.19. The van der Waals surface area contributed by atoms with Crippen LogP contribution in [0.4, 0.5) is 13.2 Å². The Morgan fingerprint density at radius 2 is 1.72 bits per heavy atom. The highest BCUT2D eigenvalue weighted by atomic mass is 19.1. The van der Waals surface area contributed by atoms with Crippen LogP contribution in [0.15, 0.2) is 40.6 Å². The van der Waals surface area contributed by atoms with Gasteiger partial charge in [0.25, 0.3) is 0 Å². The van der Waals surface area contributed by atoms with Gasteiger partial charge in [0, 0.05) is 23.3 Å². The molecule has 0 unspecified atom stereocenters. The number of carbonyl (C=O) groups excluding carboxylic acids is 1. The van der Waals surface area contributed by atoms with E-state index in [1.54, 1.807) is 25.1 Å². The first-order valence-corrected chi connectivity index (χ1v) is 8.39. The number of rotatable bonds is 7. The molecular formula is C20H19F3N2O4. The second-order valence-corrected chi connectivity index (χ2v) is 5.91. The molecule has 0 aromatic heterocycles. The average Bonchev–Trinajstić information content (AvgIpc) is 2.66. The van der Waals surface area contributed by atoms with Crippen molar-refractivity contribution in [2.75, 3.05) is 14.2 Å². The lowest BCUT2D eigenvalue weighted by Crippen LogP contribution is -2.20. The lowest BCUT2D eigenvalue weighted by atomic mass is 9.99. The van der Waals surface area contributed by atoms with Gasteiger partial charge in [-0.25, -0.2) is 18.0 Å². The smallest absolute Gasteiger partial charge is 0.360 e. The molecular weight excluding hydrogens is 389 g/mol. The Hall–Kier alpha value is -3.36. The van der Waals surface area contributed by atoms with E-state index in [0.717, 1.165) is 5.56 Å². The monoisotopic (exact) mass is 408 g/mol. The third-order valence-electron chi connectivity index (χ3n) is 4.01. The molecule has 2 rings (SSSR count). The predicted octanol–water partition coefficient (Wildman–Crippen LogP) is 3.88. The van der Waals surface area contributed by atoms with Crippen molar-refractivity contribution >= 4 is 17.4 Å². The molecule has 0 spiro atoms. The SMILES string of the molecule is CO/N=C(/C(=O)OC)c1cccc(C)c1CO/N=C(\C)c1c(F)cc(F)cc1F. The summed E-state index contributed by atoms with van der Waals surface area (Å²) in [6.07, 6.45) is 0. The Kier molecular flexibility index (Phi) is 7.35. The zero-order valence-electron chi connectivity index (χ0n) is 16.3. The summed E-state index contributed by atoms with van der Waals surface area (Å²) in [6, 6.07) is 6.22. The van der Waals surface area contributed by atoms with Gasteiger partial charge in [0.05, 0.1) is 18.4 Å². The second-order valence-electron chi connectivity index (χ2n) is 5.91. The molecule has 0 heterocycles. The third-order valence-corrected chi connectivity index (χ3v) is 4.01. The average molecular weight is 408 g/mol. The van der Waals surface area contributed by atoms with E-state index in [-0.39, 0.29) is 18.0 Å². The highest BCUT2D eigenvalue weighted by molar-refractivity contribution is 6.43. The number of hydrogen-bond donors (Lipinski definition) is 0. The van der Waals surface area contributed by atoms with Crippen molar-refractivity contribution in [1.29, 1.82) is 0 Å². The maximum absolute atomic E-state index is 13.9. The van der Waals surface area contributed by atoms with Gasteiger partial charge in [0.1, 0.15) is 31.2 Å². The Bertz CT molecular complexity index is 951. The normalized spacial score (nSPS) is 12.0. The van der Waals surface area contributed by atoms with E-state index in [4.69, 9.17) is 14.4 Å². The molecule has 0 aliphatic carbocycles. The number of methoxy groups -OCH3 is 1. The molecule has 0 fully saturated rings. The number of hydrogen-bond acceptors (Lipinski definition) is 6. The Balaban J connectivity index is 2.33. The topological polar surface area (TPSA) is 69.5 Å². The molecule has 0 N–H and O–H groups in total. The van der Waals surface area contributed by atoms with Gasteiger partial charge in [-0.05, 0) is 19.4 Å². The fourth-order valence-corrected chi connectivity index (χ4v) is 2.63. The van der Waals surface area contributed by atoms with Gasteiger partial charge in [0.15, 0.2) is 5.71 Å². The van der Waals surface area contributed by atoms with Gasteiger partial charge in [0.2, 0.25) is 0 Å². The number of oxime groups is 2. The predicted molar refractivity (Wildman–Crippen MR) is 100 cm³/mol. The largest absolute Gasteiger partial charge is 0.464 e. The van der Waals surface area contributed by atoms with Crippen LogP contribution in [-0.2, 0) is 25.8 Å². The van der Waals surface area contributed by atoms with E-state index < -0.39 is 29.0 Å². The minimum atomic E-state index is -1.09. The van der Waals surface area contributed by atoms with Crippen LogP contribution in [0, 0.1) is 24.4 Å². The maximum Gasteiger partial charge on any atom is 0.360 e. The third kappa shape index (κ3) is 5.13. The molecule has 0 atom stereocenters. The van der Waals surface area contributed by atoms with Crippen molar-refractivity contribution < 1.29 is 32.4 Å². The van der Waals surface area contributed by atoms with Crippen molar-refractivity contribution in [2.24, 2.45) is 10.3 Å². The molecule has 2 aromatic rings. The fourth-order valence-electron chi connectivity index (χ4n) is 2.63. The van der Waals surface area contributed by atoms with Crippen LogP contribution in [0.3, 0.4) is 0 Å². The van der Waals surface area contributed by atoms with Crippen LogP contribution in [0.2, 0.25) is 0 Å². The molecule has 0 saturated heterocycles. The van der Waals surface area contributed by atoms with Gasteiger partial charge in [-0.1, -0.05) is 28.5 Å². The fraction of sp³-hybridized carbons (Fsp3) is 0.250. The van der Waals surface area contributed by atoms with E-state index in [1.165, 1.54) is 21.1 Å². The van der Waals surface area contributed by atoms with Crippen molar-refractivity contribution in [3.05, 3.63) is 70.0 Å². The van der Waals surface area contributed by atoms with E-state index >= 15 is 0 Å². The van der Waals surface area contributed by atoms with E-state index in [2.05, 4.69) is 10.3 Å². The molecule has 9 heteroatoms. The number of nitrogens with zero attached hydrogens (tertiary/aromatic N) is 2. The number of ether oxygens (including phenoxy) is 1. The summed E-state index contributed by atoms with van der Waals surface area (Å²) < 4.78 is 45.5. The highest BCUT2D eigenvalue weighted by Gasteiger charge is 2.21. The Labute approximate surface area is 165 Å². The molecule has 0 amide bonds. The number of halogens is 3. The van der Waals surface area contributed by atoms with E-state index in [1.807, 2.05) is 0 Å². The van der Waals surface area contributed by atoms with Crippen LogP contribution in [-0.4, -0.2) is 31.6 Å². The molecule has 29 heavy (non-hydrogen) atoms. The van der Waals surface area contributed by atoms with Gasteiger partial charge >= 0.3 is 5.97 Å². The van der Waals surface area contributed by atoms with Gasteiger partial charge in [-0.3, -0.25) is 0 Å². The van der Waals surface area contributed by atoms with Crippen LogP contribution >= 0.6 is 0 Å². The van der Waals surface area contributed by atoms with Crippen LogP contribution in [0.1, 0.15) is 29.2 Å². The van der Waals surface area contributed by atoms with Crippen molar-refractivity contribution in [3.63, 3.8) is 0 Å². The molecule has 0 radical (unpaired) electrons. The minimum absolute atomic E-state index is 0.0753. The second kappa shape index (κ2) is 9.72. The molecule has 0 aliphatic heterocycles. The van der Waals surface area contributed by atoms with Gasteiger partial charge in [-0.2, -0.15) is 0 Å². The first-order valence-electron chi connectivity index (χ1n) is 8.39. The molecule has 0 bridgehead atoms. The number of esters is 1. The molecule has 2 aromatic carbocycles. The van der Waals surface area contributed by atoms with Gasteiger partial charge < -0.3 is 14.4 Å². The maximum atomic E-state index is 13.9. The van der Waals surface area contributed by atoms with Crippen LogP contribution < -0.4 is 0 Å². The van der Waals surface area contributed by atoms with Crippen LogP contribution in [0.25, 0.3) is 0 Å². The minimum Gasteiger partial charge on any atom is -0.464 e. The molecule has 0 aliphatic rings. The zero-order valence-corrected chi connectivity index (χ0v) is 16.3. The summed E-state index contributed by atoms with van der Waals surface area (Å²) in [5.74, 6) is -3.93. The number of benzene rings is 2. The quantitative estimate of drug-likeness (QED) is 0.396. The molecule has 0 saturated carbocycles. The van der Waals surface area contributed by atoms with E-state index in [9.17, 15) is 18.0 Å². The zero-order chi connectivity index (χ0) is 21.6. The standard InChI is InChI=1S/C20H19F3N2O4/c1-11-6-5-7-14(19(25-28-4)20(26)27-3)15(11)10-29-24-12(2)18-16(22)8-13(21)9-17(18)23/h5-9H,10H2,1-4H3/b24-12+,25-19+. The Morgan fingerprint density at radius 3 is 2.31 bits per heavy atom. The van der Waals surface area contributed by atoms with Crippen molar-refractivity contribution in [1.82, 2.24) is 0 Å². The lowest BCUT2D eigenvalue weighted by molar-refractivity contribution is -0.132. The summed E-state index contributed by atoms with van der Waals surface area (Å²) in [4.78, 5) is 22.0. The van der Waals surface area contributed by atoms with E-state index in [0.29, 0.717) is 23.3 Å². The van der Waals surface area contributed by atoms with Crippen LogP contribution in [0.5, 0.6) is 0 Å². The number of aryl methyl sites for hydroxylation is 1. The van der Waals surface area contributed by atoms with Gasteiger partial charge in [-0.15, -0.1) is 0 Å². The summed E-state index contributed by atoms with van der Waals surface area (Å²) in [6.45, 7) is 2.97. The lowest BCUT2D eigenvalue weighted by Gasteiger charge is -2.12. The Morgan fingerprint density at radius 1 is 1.07 bits per heavy atom.